The van der Waals surface area contributed by atoms with E-state index in [1.807, 2.05) is 13.0 Å². The summed E-state index contributed by atoms with van der Waals surface area (Å²) < 4.78 is 5.37. The van der Waals surface area contributed by atoms with Crippen LogP contribution >= 0.6 is 0 Å². The molecule has 2 N–H and O–H groups in total. The molecule has 0 saturated carbocycles. The second-order valence-corrected chi connectivity index (χ2v) is 3.97. The number of aryl methyl sites for hydroxylation is 1. The largest absolute Gasteiger partial charge is 0.484 e. The lowest BCUT2D eigenvalue weighted by Crippen LogP contribution is -2.29. The number of carbonyl (C=O) groups is 1. The van der Waals surface area contributed by atoms with Gasteiger partial charge in [-0.1, -0.05) is 12.0 Å². The average molecular weight is 247 g/mol. The van der Waals surface area contributed by atoms with Crippen molar-refractivity contribution in [2.75, 3.05) is 13.2 Å². The molecule has 1 amide bonds. The predicted molar refractivity (Wildman–Crippen MR) is 69.2 cm³/mol. The van der Waals surface area contributed by atoms with E-state index in [4.69, 9.17) is 11.2 Å². The van der Waals surface area contributed by atoms with Gasteiger partial charge < -0.3 is 15.2 Å². The van der Waals surface area contributed by atoms with Gasteiger partial charge in [-0.3, -0.25) is 4.79 Å². The minimum absolute atomic E-state index is 0.0729. The molecule has 0 unspecified atom stereocenters. The van der Waals surface area contributed by atoms with Gasteiger partial charge >= 0.3 is 0 Å². The van der Waals surface area contributed by atoms with Crippen LogP contribution in [-0.2, 0) is 4.79 Å². The topological polar surface area (TPSA) is 58.6 Å². The Bertz CT molecular complexity index is 461. The second-order valence-electron chi connectivity index (χ2n) is 3.97. The Balaban J connectivity index is 2.58. The molecule has 18 heavy (non-hydrogen) atoms. The molecule has 1 atom stereocenters. The average Bonchev–Trinajstić information content (AvgIpc) is 2.34. The summed E-state index contributed by atoms with van der Waals surface area (Å²) in [6, 6.07) is 5.34. The summed E-state index contributed by atoms with van der Waals surface area (Å²) in [5.41, 5.74) is 1.69. The van der Waals surface area contributed by atoms with Crippen LogP contribution in [0.4, 0.5) is 0 Å². The maximum Gasteiger partial charge on any atom is 0.258 e. The molecule has 0 aliphatic heterocycles. The van der Waals surface area contributed by atoms with Gasteiger partial charge in [0.15, 0.2) is 6.61 Å². The predicted octanol–water partition coefficient (Wildman–Crippen LogP) is 1.18. The van der Waals surface area contributed by atoms with Crippen LogP contribution in [0.25, 0.3) is 0 Å². The van der Waals surface area contributed by atoms with E-state index in [9.17, 15) is 9.90 Å². The standard InChI is InChI=1S/C14H17NO3/c1-4-7-15-14(17)9-18-13-6-5-12(11(3)16)8-10(13)2/h1,5-6,8,11,16H,7,9H2,2-3H3,(H,15,17)/t11-/m0/s1. The van der Waals surface area contributed by atoms with Crippen LogP contribution in [0.15, 0.2) is 18.2 Å². The Morgan fingerprint density at radius 2 is 2.33 bits per heavy atom. The molecule has 4 nitrogen and oxygen atoms in total. The molecule has 1 rings (SSSR count). The van der Waals surface area contributed by atoms with Crippen LogP contribution in [0.1, 0.15) is 24.2 Å². The molecule has 0 heterocycles. The first kappa shape index (κ1) is 14.1. The van der Waals surface area contributed by atoms with Crippen molar-refractivity contribution in [1.29, 1.82) is 0 Å². The number of carbonyl (C=O) groups excluding carboxylic acids is 1. The van der Waals surface area contributed by atoms with Gasteiger partial charge in [0.05, 0.1) is 12.6 Å². The number of nitrogens with one attached hydrogen (secondary N) is 1. The van der Waals surface area contributed by atoms with Crippen LogP contribution in [0.5, 0.6) is 5.75 Å². The molecule has 4 heteroatoms. The highest BCUT2D eigenvalue weighted by Crippen LogP contribution is 2.22. The number of benzene rings is 1. The molecule has 1 aromatic rings. The van der Waals surface area contributed by atoms with Crippen molar-refractivity contribution in [3.8, 4) is 18.1 Å². The van der Waals surface area contributed by atoms with Gasteiger partial charge in [0.1, 0.15) is 5.75 Å². The lowest BCUT2D eigenvalue weighted by Gasteiger charge is -2.11. The van der Waals surface area contributed by atoms with Crippen molar-refractivity contribution in [2.24, 2.45) is 0 Å². The summed E-state index contributed by atoms with van der Waals surface area (Å²) >= 11 is 0. The fraction of sp³-hybridized carbons (Fsp3) is 0.357. The molecule has 0 radical (unpaired) electrons. The van der Waals surface area contributed by atoms with E-state index in [-0.39, 0.29) is 19.1 Å². The number of terminal acetylenes is 1. The van der Waals surface area contributed by atoms with Gasteiger partial charge in [0, 0.05) is 0 Å². The molecular weight excluding hydrogens is 230 g/mol. The molecule has 96 valence electrons. The summed E-state index contributed by atoms with van der Waals surface area (Å²) in [5, 5.41) is 11.9. The van der Waals surface area contributed by atoms with Gasteiger partial charge in [-0.25, -0.2) is 0 Å². The third kappa shape index (κ3) is 4.11. The van der Waals surface area contributed by atoms with Crippen LogP contribution in [0.2, 0.25) is 0 Å². The highest BCUT2D eigenvalue weighted by Gasteiger charge is 2.07. The van der Waals surface area contributed by atoms with Crippen LogP contribution in [0, 0.1) is 19.3 Å². The van der Waals surface area contributed by atoms with Crippen molar-refractivity contribution in [1.82, 2.24) is 5.32 Å². The summed E-state index contributed by atoms with van der Waals surface area (Å²) in [6.45, 7) is 3.68. The summed E-state index contributed by atoms with van der Waals surface area (Å²) in [5.74, 6) is 2.68. The smallest absolute Gasteiger partial charge is 0.258 e. The first-order valence-electron chi connectivity index (χ1n) is 5.66. The second kappa shape index (κ2) is 6.67. The Morgan fingerprint density at radius 1 is 1.61 bits per heavy atom. The minimum atomic E-state index is -0.517. The quantitative estimate of drug-likeness (QED) is 0.768. The molecular formula is C14H17NO3. The molecule has 0 bridgehead atoms. The summed E-state index contributed by atoms with van der Waals surface area (Å²) in [7, 11) is 0. The van der Waals surface area contributed by atoms with Crippen molar-refractivity contribution in [2.45, 2.75) is 20.0 Å². The lowest BCUT2D eigenvalue weighted by atomic mass is 10.1. The zero-order valence-corrected chi connectivity index (χ0v) is 10.6. The Labute approximate surface area is 107 Å². The first-order chi connectivity index (χ1) is 8.54. The van der Waals surface area contributed by atoms with E-state index < -0.39 is 6.10 Å². The summed E-state index contributed by atoms with van der Waals surface area (Å²) in [6.07, 6.45) is 4.51. The lowest BCUT2D eigenvalue weighted by molar-refractivity contribution is -0.122. The molecule has 0 aliphatic carbocycles. The number of aliphatic hydroxyl groups excluding tert-OH is 1. The van der Waals surface area contributed by atoms with Crippen molar-refractivity contribution in [3.05, 3.63) is 29.3 Å². The third-order valence-electron chi connectivity index (χ3n) is 2.43. The maximum atomic E-state index is 11.3. The zero-order chi connectivity index (χ0) is 13.5. The number of rotatable bonds is 5. The Hall–Kier alpha value is -1.99. The van der Waals surface area contributed by atoms with Gasteiger partial charge in [0.2, 0.25) is 0 Å². The van der Waals surface area contributed by atoms with Gasteiger partial charge in [-0.15, -0.1) is 6.42 Å². The molecule has 0 aromatic heterocycles. The zero-order valence-electron chi connectivity index (χ0n) is 10.6. The number of aliphatic hydroxyl groups is 1. The first-order valence-corrected chi connectivity index (χ1v) is 5.66. The van der Waals surface area contributed by atoms with Crippen LogP contribution < -0.4 is 10.1 Å². The van der Waals surface area contributed by atoms with Gasteiger partial charge in [-0.2, -0.15) is 0 Å². The fourth-order valence-corrected chi connectivity index (χ4v) is 1.44. The SMILES string of the molecule is C#CCNC(=O)COc1ccc([C@H](C)O)cc1C. The van der Waals surface area contributed by atoms with E-state index in [1.165, 1.54) is 0 Å². The minimum Gasteiger partial charge on any atom is -0.484 e. The highest BCUT2D eigenvalue weighted by molar-refractivity contribution is 5.77. The molecule has 0 aliphatic rings. The van der Waals surface area contributed by atoms with Crippen molar-refractivity contribution in [3.63, 3.8) is 0 Å². The monoisotopic (exact) mass is 247 g/mol. The molecule has 0 fully saturated rings. The van der Waals surface area contributed by atoms with Gasteiger partial charge in [-0.05, 0) is 37.1 Å². The van der Waals surface area contributed by atoms with E-state index in [0.717, 1.165) is 11.1 Å². The van der Waals surface area contributed by atoms with Crippen LogP contribution in [-0.4, -0.2) is 24.2 Å². The van der Waals surface area contributed by atoms with Crippen molar-refractivity contribution < 1.29 is 14.6 Å². The van der Waals surface area contributed by atoms with Crippen molar-refractivity contribution >= 4 is 5.91 Å². The fourth-order valence-electron chi connectivity index (χ4n) is 1.44. The molecule has 0 saturated heterocycles. The number of hydrogen-bond donors (Lipinski definition) is 2. The maximum absolute atomic E-state index is 11.3. The number of ether oxygens (including phenoxy) is 1. The van der Waals surface area contributed by atoms with Crippen LogP contribution in [0.3, 0.4) is 0 Å². The third-order valence-corrected chi connectivity index (χ3v) is 2.43. The summed E-state index contributed by atoms with van der Waals surface area (Å²) in [4.78, 5) is 11.3. The molecule has 0 spiro atoms. The van der Waals surface area contributed by atoms with Gasteiger partial charge in [0.25, 0.3) is 5.91 Å². The number of amides is 1. The van der Waals surface area contributed by atoms with E-state index in [0.29, 0.717) is 5.75 Å². The van der Waals surface area contributed by atoms with E-state index >= 15 is 0 Å². The van der Waals surface area contributed by atoms with E-state index in [1.54, 1.807) is 19.1 Å². The Kier molecular flexibility index (Phi) is 5.22. The molecule has 1 aromatic carbocycles. The highest BCUT2D eigenvalue weighted by atomic mass is 16.5. The Morgan fingerprint density at radius 3 is 2.89 bits per heavy atom. The number of hydrogen-bond acceptors (Lipinski definition) is 3. The normalized spacial score (nSPS) is 11.4. The van der Waals surface area contributed by atoms with E-state index in [2.05, 4.69) is 11.2 Å².